The highest BCUT2D eigenvalue weighted by Crippen LogP contribution is 2.28. The number of fused-ring (bicyclic) bond motifs is 1. The molecule has 1 aromatic heterocycles. The van der Waals surface area contributed by atoms with E-state index in [1.807, 2.05) is 18.2 Å². The normalized spacial score (nSPS) is 10.1. The van der Waals surface area contributed by atoms with E-state index in [4.69, 9.17) is 4.74 Å². The van der Waals surface area contributed by atoms with Gasteiger partial charge in [0.2, 0.25) is 0 Å². The average Bonchev–Trinajstić information content (AvgIpc) is 2.69. The molecule has 0 saturated carbocycles. The fourth-order valence-corrected chi connectivity index (χ4v) is 2.13. The van der Waals surface area contributed by atoms with Crippen LogP contribution in [0.3, 0.4) is 0 Å². The van der Waals surface area contributed by atoms with Gasteiger partial charge in [-0.1, -0.05) is 11.3 Å². The van der Waals surface area contributed by atoms with Crippen molar-refractivity contribution in [3.05, 3.63) is 18.2 Å². The SMILES string of the molecule is CNC(=O)Nc1nc2ccc(OC)cc2s1. The molecule has 0 atom stereocenters. The van der Waals surface area contributed by atoms with Crippen LogP contribution >= 0.6 is 11.3 Å². The van der Waals surface area contributed by atoms with Gasteiger partial charge in [0.25, 0.3) is 0 Å². The maximum absolute atomic E-state index is 11.1. The summed E-state index contributed by atoms with van der Waals surface area (Å²) in [5.41, 5.74) is 0.845. The highest BCUT2D eigenvalue weighted by atomic mass is 32.1. The number of thiazole rings is 1. The molecule has 2 amide bonds. The molecule has 0 aliphatic carbocycles. The molecule has 0 bridgehead atoms. The maximum Gasteiger partial charge on any atom is 0.320 e. The second-order valence-electron chi connectivity index (χ2n) is 3.06. The first kappa shape index (κ1) is 10.7. The number of hydrogen-bond donors (Lipinski definition) is 2. The summed E-state index contributed by atoms with van der Waals surface area (Å²) < 4.78 is 6.09. The van der Waals surface area contributed by atoms with Crippen molar-refractivity contribution in [3.8, 4) is 5.75 Å². The van der Waals surface area contributed by atoms with E-state index in [9.17, 15) is 4.79 Å². The Morgan fingerprint density at radius 1 is 1.50 bits per heavy atom. The number of nitrogens with zero attached hydrogens (tertiary/aromatic N) is 1. The van der Waals surface area contributed by atoms with Gasteiger partial charge in [0.15, 0.2) is 5.13 Å². The Bertz CT molecular complexity index is 524. The van der Waals surface area contributed by atoms with E-state index in [1.54, 1.807) is 14.2 Å². The minimum Gasteiger partial charge on any atom is -0.497 e. The first-order valence-electron chi connectivity index (χ1n) is 4.66. The van der Waals surface area contributed by atoms with Gasteiger partial charge in [-0.25, -0.2) is 9.78 Å². The Labute approximate surface area is 96.4 Å². The molecule has 2 N–H and O–H groups in total. The molecule has 5 nitrogen and oxygen atoms in total. The highest BCUT2D eigenvalue weighted by molar-refractivity contribution is 7.22. The van der Waals surface area contributed by atoms with Gasteiger partial charge in [-0.2, -0.15) is 0 Å². The van der Waals surface area contributed by atoms with Crippen molar-refractivity contribution in [2.24, 2.45) is 0 Å². The van der Waals surface area contributed by atoms with Gasteiger partial charge in [0, 0.05) is 7.05 Å². The minimum atomic E-state index is -0.272. The van der Waals surface area contributed by atoms with Gasteiger partial charge in [-0.3, -0.25) is 5.32 Å². The number of carbonyl (C=O) groups excluding carboxylic acids is 1. The van der Waals surface area contributed by atoms with Gasteiger partial charge in [0.05, 0.1) is 17.3 Å². The highest BCUT2D eigenvalue weighted by Gasteiger charge is 2.06. The van der Waals surface area contributed by atoms with Crippen LogP contribution in [0.1, 0.15) is 0 Å². The summed E-state index contributed by atoms with van der Waals surface area (Å²) in [5, 5.41) is 5.68. The molecule has 0 saturated heterocycles. The van der Waals surface area contributed by atoms with Crippen LogP contribution < -0.4 is 15.4 Å². The van der Waals surface area contributed by atoms with Crippen LogP contribution in [0.5, 0.6) is 5.75 Å². The van der Waals surface area contributed by atoms with E-state index in [-0.39, 0.29) is 6.03 Å². The number of ether oxygens (including phenoxy) is 1. The van der Waals surface area contributed by atoms with Crippen molar-refractivity contribution in [1.82, 2.24) is 10.3 Å². The third kappa shape index (κ3) is 2.06. The zero-order valence-corrected chi connectivity index (χ0v) is 9.72. The first-order valence-corrected chi connectivity index (χ1v) is 5.48. The summed E-state index contributed by atoms with van der Waals surface area (Å²) in [6.45, 7) is 0. The molecular formula is C10H11N3O2S. The van der Waals surface area contributed by atoms with Crippen LogP contribution in [0.2, 0.25) is 0 Å². The smallest absolute Gasteiger partial charge is 0.320 e. The number of anilines is 1. The number of amides is 2. The van der Waals surface area contributed by atoms with Crippen molar-refractivity contribution in [3.63, 3.8) is 0 Å². The molecule has 2 rings (SSSR count). The van der Waals surface area contributed by atoms with Crippen LogP contribution in [0, 0.1) is 0 Å². The molecule has 0 radical (unpaired) electrons. The average molecular weight is 237 g/mol. The molecule has 0 spiro atoms. The van der Waals surface area contributed by atoms with Gasteiger partial charge < -0.3 is 10.1 Å². The fourth-order valence-electron chi connectivity index (χ4n) is 1.25. The zero-order valence-electron chi connectivity index (χ0n) is 8.90. The first-order chi connectivity index (χ1) is 7.72. The predicted molar refractivity (Wildman–Crippen MR) is 64.3 cm³/mol. The molecule has 1 heterocycles. The lowest BCUT2D eigenvalue weighted by molar-refractivity contribution is 0.254. The standard InChI is InChI=1S/C10H11N3O2S/c1-11-9(14)13-10-12-7-4-3-6(15-2)5-8(7)16-10/h3-5H,1-2H3,(H2,11,12,13,14). The second kappa shape index (κ2) is 4.36. The quantitative estimate of drug-likeness (QED) is 0.840. The molecule has 16 heavy (non-hydrogen) atoms. The third-order valence-corrected chi connectivity index (χ3v) is 2.98. The van der Waals surface area contributed by atoms with E-state index in [0.29, 0.717) is 5.13 Å². The Morgan fingerprint density at radius 2 is 2.31 bits per heavy atom. The number of carbonyl (C=O) groups is 1. The predicted octanol–water partition coefficient (Wildman–Crippen LogP) is 2.06. The van der Waals surface area contributed by atoms with Gasteiger partial charge in [-0.15, -0.1) is 0 Å². The van der Waals surface area contributed by atoms with Crippen LogP contribution in [0.4, 0.5) is 9.93 Å². The van der Waals surface area contributed by atoms with E-state index in [1.165, 1.54) is 11.3 Å². The molecule has 0 aliphatic heterocycles. The van der Waals surface area contributed by atoms with Crippen molar-refractivity contribution in [1.29, 1.82) is 0 Å². The summed E-state index contributed by atoms with van der Waals surface area (Å²) in [4.78, 5) is 15.4. The van der Waals surface area contributed by atoms with Crippen LogP contribution in [0.25, 0.3) is 10.2 Å². The summed E-state index contributed by atoms with van der Waals surface area (Å²) in [6, 6.07) is 5.32. The molecule has 0 unspecified atom stereocenters. The minimum absolute atomic E-state index is 0.272. The number of hydrogen-bond acceptors (Lipinski definition) is 4. The Balaban J connectivity index is 2.32. The van der Waals surface area contributed by atoms with Crippen molar-refractivity contribution >= 4 is 32.7 Å². The zero-order chi connectivity index (χ0) is 11.5. The number of benzene rings is 1. The number of nitrogens with one attached hydrogen (secondary N) is 2. The van der Waals surface area contributed by atoms with Gasteiger partial charge in [-0.05, 0) is 18.2 Å². The maximum atomic E-state index is 11.1. The summed E-state index contributed by atoms with van der Waals surface area (Å²) >= 11 is 1.41. The lowest BCUT2D eigenvalue weighted by Crippen LogP contribution is -2.24. The Hall–Kier alpha value is -1.82. The molecule has 1 aromatic carbocycles. The van der Waals surface area contributed by atoms with E-state index in [2.05, 4.69) is 15.6 Å². The molecular weight excluding hydrogens is 226 g/mol. The van der Waals surface area contributed by atoms with Crippen LogP contribution in [-0.4, -0.2) is 25.2 Å². The van der Waals surface area contributed by atoms with Crippen LogP contribution in [0.15, 0.2) is 18.2 Å². The molecule has 2 aromatic rings. The largest absolute Gasteiger partial charge is 0.497 e. The Morgan fingerprint density at radius 3 is 3.00 bits per heavy atom. The lowest BCUT2D eigenvalue weighted by atomic mass is 10.3. The van der Waals surface area contributed by atoms with Crippen molar-refractivity contribution in [2.45, 2.75) is 0 Å². The van der Waals surface area contributed by atoms with Gasteiger partial charge >= 0.3 is 6.03 Å². The summed E-state index contributed by atoms with van der Waals surface area (Å²) in [5.74, 6) is 0.780. The number of aromatic nitrogens is 1. The van der Waals surface area contributed by atoms with E-state index in [0.717, 1.165) is 16.0 Å². The number of urea groups is 1. The fraction of sp³-hybridized carbons (Fsp3) is 0.200. The molecule has 6 heteroatoms. The summed E-state index contributed by atoms with van der Waals surface area (Å²) in [6.07, 6.45) is 0. The summed E-state index contributed by atoms with van der Waals surface area (Å²) in [7, 11) is 3.18. The van der Waals surface area contributed by atoms with Crippen molar-refractivity contribution < 1.29 is 9.53 Å². The van der Waals surface area contributed by atoms with E-state index >= 15 is 0 Å². The third-order valence-electron chi connectivity index (χ3n) is 2.04. The monoisotopic (exact) mass is 237 g/mol. The van der Waals surface area contributed by atoms with Gasteiger partial charge in [0.1, 0.15) is 5.75 Å². The Kier molecular flexibility index (Phi) is 2.91. The molecule has 0 fully saturated rings. The van der Waals surface area contributed by atoms with Crippen LogP contribution in [-0.2, 0) is 0 Å². The van der Waals surface area contributed by atoms with Crippen molar-refractivity contribution in [2.75, 3.05) is 19.5 Å². The number of methoxy groups -OCH3 is 1. The molecule has 0 aliphatic rings. The molecule has 84 valence electrons. The lowest BCUT2D eigenvalue weighted by Gasteiger charge is -1.97. The second-order valence-corrected chi connectivity index (χ2v) is 4.09. The van der Waals surface area contributed by atoms with E-state index < -0.39 is 0 Å². The topological polar surface area (TPSA) is 63.2 Å². The number of rotatable bonds is 2.